The van der Waals surface area contributed by atoms with Gasteiger partial charge in [-0.3, -0.25) is 4.79 Å². The van der Waals surface area contributed by atoms with Crippen LogP contribution in [0.4, 0.5) is 4.79 Å². The van der Waals surface area contributed by atoms with Crippen molar-refractivity contribution in [2.24, 2.45) is 5.92 Å². The molecule has 1 saturated heterocycles. The number of rotatable bonds is 4. The summed E-state index contributed by atoms with van der Waals surface area (Å²) in [4.78, 5) is 25.8. The smallest absolute Gasteiger partial charge is 0.315 e. The van der Waals surface area contributed by atoms with Crippen molar-refractivity contribution in [3.8, 4) is 5.75 Å². The van der Waals surface area contributed by atoms with Gasteiger partial charge in [0.25, 0.3) is 0 Å². The van der Waals surface area contributed by atoms with E-state index in [0.29, 0.717) is 19.0 Å². The summed E-state index contributed by atoms with van der Waals surface area (Å²) in [6.07, 6.45) is 6.21. The second-order valence-corrected chi connectivity index (χ2v) is 7.51. The highest BCUT2D eigenvalue weighted by Gasteiger charge is 2.29. The van der Waals surface area contributed by atoms with E-state index < -0.39 is 0 Å². The molecule has 3 rings (SSSR count). The van der Waals surface area contributed by atoms with Crippen LogP contribution in [0.15, 0.2) is 24.3 Å². The highest BCUT2D eigenvalue weighted by atomic mass is 16.3. The third kappa shape index (κ3) is 4.68. The molecule has 0 bridgehead atoms. The first kappa shape index (κ1) is 18.5. The topological polar surface area (TPSA) is 81.7 Å². The monoisotopic (exact) mass is 359 g/mol. The average Bonchev–Trinajstić information content (AvgIpc) is 3.15. The standard InChI is InChI=1S/C20H29N3O3/c1-14(24)23-12-10-17(11-13-23)21-20(26)22-19(15-4-2-3-5-15)16-6-8-18(25)9-7-16/h6-9,15,17,19,25H,2-5,10-13H2,1H3,(H2,21,22,26)/t19-/m0/s1. The molecule has 1 aliphatic heterocycles. The van der Waals surface area contributed by atoms with E-state index in [-0.39, 0.29) is 29.8 Å². The Labute approximate surface area is 155 Å². The van der Waals surface area contributed by atoms with Crippen LogP contribution >= 0.6 is 0 Å². The van der Waals surface area contributed by atoms with Gasteiger partial charge in [0.15, 0.2) is 0 Å². The average molecular weight is 359 g/mol. The fourth-order valence-corrected chi connectivity index (χ4v) is 4.15. The van der Waals surface area contributed by atoms with E-state index in [1.165, 1.54) is 12.8 Å². The minimum Gasteiger partial charge on any atom is -0.508 e. The van der Waals surface area contributed by atoms with Gasteiger partial charge in [-0.25, -0.2) is 4.79 Å². The van der Waals surface area contributed by atoms with Crippen molar-refractivity contribution < 1.29 is 14.7 Å². The molecule has 1 atom stereocenters. The maximum Gasteiger partial charge on any atom is 0.315 e. The second kappa shape index (κ2) is 8.43. The van der Waals surface area contributed by atoms with Crippen molar-refractivity contribution in [2.75, 3.05) is 13.1 Å². The summed E-state index contributed by atoms with van der Waals surface area (Å²) in [5.41, 5.74) is 1.04. The van der Waals surface area contributed by atoms with Gasteiger partial charge in [-0.05, 0) is 49.3 Å². The Bertz CT molecular complexity index is 618. The summed E-state index contributed by atoms with van der Waals surface area (Å²) in [5, 5.41) is 15.8. The van der Waals surface area contributed by atoms with Crippen LogP contribution in [-0.2, 0) is 4.79 Å². The molecule has 2 fully saturated rings. The van der Waals surface area contributed by atoms with Crippen molar-refractivity contribution in [3.05, 3.63) is 29.8 Å². The Balaban J connectivity index is 1.59. The predicted molar refractivity (Wildman–Crippen MR) is 99.7 cm³/mol. The summed E-state index contributed by atoms with van der Waals surface area (Å²) >= 11 is 0. The van der Waals surface area contributed by atoms with E-state index in [2.05, 4.69) is 10.6 Å². The minimum atomic E-state index is -0.142. The first-order valence-corrected chi connectivity index (χ1v) is 9.64. The van der Waals surface area contributed by atoms with E-state index in [1.807, 2.05) is 17.0 Å². The molecule has 1 aliphatic carbocycles. The normalized spacial score (nSPS) is 20.0. The number of carbonyl (C=O) groups is 2. The summed E-state index contributed by atoms with van der Waals surface area (Å²) in [6, 6.07) is 7.07. The quantitative estimate of drug-likeness (QED) is 0.773. The summed E-state index contributed by atoms with van der Waals surface area (Å²) in [5.74, 6) is 0.770. The van der Waals surface area contributed by atoms with Gasteiger partial charge in [0, 0.05) is 26.1 Å². The number of carbonyl (C=O) groups excluding carboxylic acids is 2. The van der Waals surface area contributed by atoms with Crippen molar-refractivity contribution in [1.82, 2.24) is 15.5 Å². The number of piperidine rings is 1. The van der Waals surface area contributed by atoms with E-state index in [9.17, 15) is 14.7 Å². The van der Waals surface area contributed by atoms with Gasteiger partial charge in [0.1, 0.15) is 5.75 Å². The van der Waals surface area contributed by atoms with Crippen molar-refractivity contribution in [2.45, 2.75) is 57.5 Å². The molecule has 6 heteroatoms. The number of aromatic hydroxyl groups is 1. The molecule has 1 heterocycles. The molecule has 1 aromatic carbocycles. The van der Waals surface area contributed by atoms with Crippen molar-refractivity contribution in [3.63, 3.8) is 0 Å². The first-order valence-electron chi connectivity index (χ1n) is 9.64. The largest absolute Gasteiger partial charge is 0.508 e. The predicted octanol–water partition coefficient (Wildman–Crippen LogP) is 2.93. The molecule has 26 heavy (non-hydrogen) atoms. The van der Waals surface area contributed by atoms with Crippen molar-refractivity contribution >= 4 is 11.9 Å². The molecule has 0 aromatic heterocycles. The molecule has 3 N–H and O–H groups in total. The van der Waals surface area contributed by atoms with Crippen LogP contribution in [0.25, 0.3) is 0 Å². The lowest BCUT2D eigenvalue weighted by Gasteiger charge is -2.32. The highest BCUT2D eigenvalue weighted by Crippen LogP contribution is 2.36. The Morgan fingerprint density at radius 2 is 1.69 bits per heavy atom. The van der Waals surface area contributed by atoms with E-state index >= 15 is 0 Å². The molecule has 142 valence electrons. The zero-order valence-electron chi connectivity index (χ0n) is 15.4. The fourth-order valence-electron chi connectivity index (χ4n) is 4.15. The minimum absolute atomic E-state index is 0.0320. The SMILES string of the molecule is CC(=O)N1CCC(NC(=O)N[C@H](c2ccc(O)cc2)C2CCCC2)CC1. The number of urea groups is 1. The molecule has 0 radical (unpaired) electrons. The van der Waals surface area contributed by atoms with Gasteiger partial charge in [-0.15, -0.1) is 0 Å². The maximum atomic E-state index is 12.6. The Morgan fingerprint density at radius 1 is 1.08 bits per heavy atom. The molecule has 2 aliphatic rings. The summed E-state index contributed by atoms with van der Waals surface area (Å²) < 4.78 is 0. The van der Waals surface area contributed by atoms with Crippen LogP contribution in [-0.4, -0.2) is 41.1 Å². The lowest BCUT2D eigenvalue weighted by molar-refractivity contribution is -0.129. The van der Waals surface area contributed by atoms with Crippen LogP contribution in [0.1, 0.15) is 57.1 Å². The lowest BCUT2D eigenvalue weighted by Crippen LogP contribution is -2.49. The second-order valence-electron chi connectivity index (χ2n) is 7.51. The third-order valence-corrected chi connectivity index (χ3v) is 5.69. The summed E-state index contributed by atoms with van der Waals surface area (Å²) in [6.45, 7) is 2.99. The van der Waals surface area contributed by atoms with Crippen LogP contribution in [0.3, 0.4) is 0 Å². The van der Waals surface area contributed by atoms with E-state index in [0.717, 1.165) is 31.2 Å². The van der Waals surface area contributed by atoms with Crippen LogP contribution in [0, 0.1) is 5.92 Å². The zero-order valence-corrected chi connectivity index (χ0v) is 15.4. The molecule has 1 saturated carbocycles. The van der Waals surface area contributed by atoms with Crippen LogP contribution in [0.2, 0.25) is 0 Å². The van der Waals surface area contributed by atoms with Gasteiger partial charge >= 0.3 is 6.03 Å². The number of amides is 3. The van der Waals surface area contributed by atoms with Gasteiger partial charge in [-0.1, -0.05) is 25.0 Å². The number of nitrogens with zero attached hydrogens (tertiary/aromatic N) is 1. The Morgan fingerprint density at radius 3 is 2.27 bits per heavy atom. The number of likely N-dealkylation sites (tertiary alicyclic amines) is 1. The van der Waals surface area contributed by atoms with Gasteiger partial charge in [0.2, 0.25) is 5.91 Å². The molecule has 6 nitrogen and oxygen atoms in total. The number of phenolic OH excluding ortho intramolecular Hbond substituents is 1. The highest BCUT2D eigenvalue weighted by molar-refractivity contribution is 5.75. The van der Waals surface area contributed by atoms with Crippen LogP contribution < -0.4 is 10.6 Å². The number of hydrogen-bond donors (Lipinski definition) is 3. The number of benzene rings is 1. The number of hydrogen-bond acceptors (Lipinski definition) is 3. The molecule has 0 unspecified atom stereocenters. The number of nitrogens with one attached hydrogen (secondary N) is 2. The molecular formula is C20H29N3O3. The molecular weight excluding hydrogens is 330 g/mol. The molecule has 1 aromatic rings. The van der Waals surface area contributed by atoms with Gasteiger partial charge in [0.05, 0.1) is 6.04 Å². The number of phenols is 1. The Hall–Kier alpha value is -2.24. The van der Waals surface area contributed by atoms with E-state index in [4.69, 9.17) is 0 Å². The first-order chi connectivity index (χ1) is 12.5. The lowest BCUT2D eigenvalue weighted by atomic mass is 9.91. The maximum absolute atomic E-state index is 12.6. The Kier molecular flexibility index (Phi) is 6.01. The van der Waals surface area contributed by atoms with Gasteiger partial charge < -0.3 is 20.6 Å². The van der Waals surface area contributed by atoms with Crippen LogP contribution in [0.5, 0.6) is 5.75 Å². The fraction of sp³-hybridized carbons (Fsp3) is 0.600. The van der Waals surface area contributed by atoms with E-state index in [1.54, 1.807) is 19.1 Å². The molecule has 3 amide bonds. The van der Waals surface area contributed by atoms with Gasteiger partial charge in [-0.2, -0.15) is 0 Å². The summed E-state index contributed by atoms with van der Waals surface area (Å²) in [7, 11) is 0. The molecule has 0 spiro atoms. The third-order valence-electron chi connectivity index (χ3n) is 5.69. The zero-order chi connectivity index (χ0) is 18.5. The van der Waals surface area contributed by atoms with Crippen molar-refractivity contribution in [1.29, 1.82) is 0 Å².